The van der Waals surface area contributed by atoms with Gasteiger partial charge in [0.05, 0.1) is 16.9 Å². The molecule has 0 aliphatic rings. The summed E-state index contributed by atoms with van der Waals surface area (Å²) < 4.78 is 41.3. The van der Waals surface area contributed by atoms with Crippen LogP contribution in [0.15, 0.2) is 29.4 Å². The van der Waals surface area contributed by atoms with E-state index in [0.29, 0.717) is 3.57 Å². The number of aryl methyl sites for hydroxylation is 1. The van der Waals surface area contributed by atoms with Crippen molar-refractivity contribution < 1.29 is 12.8 Å². The molecule has 0 aliphatic heterocycles. The molecule has 0 aliphatic carbocycles. The Kier molecular flexibility index (Phi) is 4.02. The number of aromatic nitrogens is 2. The van der Waals surface area contributed by atoms with E-state index < -0.39 is 15.8 Å². The van der Waals surface area contributed by atoms with Crippen molar-refractivity contribution in [2.24, 2.45) is 7.05 Å². The molecule has 19 heavy (non-hydrogen) atoms. The Balaban J connectivity index is 2.42. The fourth-order valence-corrected chi connectivity index (χ4v) is 4.00. The van der Waals surface area contributed by atoms with Crippen LogP contribution >= 0.6 is 34.2 Å². The molecular formula is C10H8ClFIN3O2S. The lowest BCUT2D eigenvalue weighted by molar-refractivity contribution is 0.582. The molecule has 0 saturated heterocycles. The van der Waals surface area contributed by atoms with E-state index in [9.17, 15) is 12.8 Å². The van der Waals surface area contributed by atoms with Crippen LogP contribution in [0.2, 0.25) is 5.02 Å². The van der Waals surface area contributed by atoms with Crippen molar-refractivity contribution in [3.05, 3.63) is 38.8 Å². The normalized spacial score (nSPS) is 11.6. The molecule has 0 radical (unpaired) electrons. The van der Waals surface area contributed by atoms with Crippen LogP contribution < -0.4 is 4.72 Å². The molecule has 1 heterocycles. The van der Waals surface area contributed by atoms with Crippen molar-refractivity contribution in [3.8, 4) is 0 Å². The molecule has 9 heteroatoms. The van der Waals surface area contributed by atoms with Crippen LogP contribution in [0, 0.1) is 9.39 Å². The minimum absolute atomic E-state index is 0.0205. The number of benzene rings is 1. The van der Waals surface area contributed by atoms with E-state index in [4.69, 9.17) is 11.6 Å². The van der Waals surface area contributed by atoms with E-state index >= 15 is 0 Å². The highest BCUT2D eigenvalue weighted by Gasteiger charge is 2.23. The molecule has 1 aromatic heterocycles. The third-order valence-electron chi connectivity index (χ3n) is 2.27. The lowest BCUT2D eigenvalue weighted by Gasteiger charge is -2.10. The van der Waals surface area contributed by atoms with Crippen molar-refractivity contribution in [1.29, 1.82) is 0 Å². The number of rotatable bonds is 3. The number of anilines is 1. The lowest BCUT2D eigenvalue weighted by atomic mass is 10.3. The first-order chi connectivity index (χ1) is 8.81. The zero-order valence-corrected chi connectivity index (χ0v) is 13.3. The summed E-state index contributed by atoms with van der Waals surface area (Å²) in [5.74, 6) is -0.439. The first-order valence-corrected chi connectivity index (χ1v) is 7.90. The molecule has 1 N–H and O–H groups in total. The Morgan fingerprint density at radius 3 is 2.68 bits per heavy atom. The van der Waals surface area contributed by atoms with Gasteiger partial charge in [-0.3, -0.25) is 9.40 Å². The van der Waals surface area contributed by atoms with Crippen molar-refractivity contribution in [1.82, 2.24) is 9.78 Å². The summed E-state index contributed by atoms with van der Waals surface area (Å²) in [5, 5.41) is 3.64. The Bertz CT molecular complexity index is 713. The van der Waals surface area contributed by atoms with Crippen LogP contribution in [0.3, 0.4) is 0 Å². The summed E-state index contributed by atoms with van der Waals surface area (Å²) >= 11 is 7.64. The number of halogens is 3. The Morgan fingerprint density at radius 2 is 2.16 bits per heavy atom. The largest absolute Gasteiger partial charge is 0.280 e. The minimum atomic E-state index is -3.88. The predicted octanol–water partition coefficient (Wildman–Crippen LogP) is 2.62. The Morgan fingerprint density at radius 1 is 1.47 bits per heavy atom. The highest BCUT2D eigenvalue weighted by Crippen LogP contribution is 2.25. The third-order valence-corrected chi connectivity index (χ3v) is 5.04. The molecule has 0 atom stereocenters. The molecule has 0 fully saturated rings. The van der Waals surface area contributed by atoms with Gasteiger partial charge in [0.15, 0.2) is 5.03 Å². The van der Waals surface area contributed by atoms with Gasteiger partial charge in [0, 0.05) is 10.6 Å². The zero-order valence-electron chi connectivity index (χ0n) is 9.56. The monoisotopic (exact) mass is 415 g/mol. The molecular weight excluding hydrogens is 408 g/mol. The molecule has 5 nitrogen and oxygen atoms in total. The van der Waals surface area contributed by atoms with Crippen LogP contribution in [0.5, 0.6) is 0 Å². The van der Waals surface area contributed by atoms with Crippen LogP contribution in [0.4, 0.5) is 10.1 Å². The Hall–Kier alpha value is -0.870. The molecule has 0 saturated carbocycles. The topological polar surface area (TPSA) is 64.0 Å². The van der Waals surface area contributed by atoms with Gasteiger partial charge in [-0.25, -0.2) is 4.39 Å². The number of hydrogen-bond donors (Lipinski definition) is 1. The van der Waals surface area contributed by atoms with E-state index in [1.54, 1.807) is 0 Å². The van der Waals surface area contributed by atoms with Crippen molar-refractivity contribution in [2.75, 3.05) is 4.72 Å². The summed E-state index contributed by atoms with van der Waals surface area (Å²) in [5.41, 5.74) is 0.277. The molecule has 2 aromatic rings. The maximum atomic E-state index is 13.0. The first-order valence-electron chi connectivity index (χ1n) is 4.96. The average Bonchev–Trinajstić information content (AvgIpc) is 2.63. The minimum Gasteiger partial charge on any atom is -0.277 e. The highest BCUT2D eigenvalue weighted by atomic mass is 127. The molecule has 2 rings (SSSR count). The lowest BCUT2D eigenvalue weighted by Crippen LogP contribution is -2.17. The smallest absolute Gasteiger partial charge is 0.277 e. The van der Waals surface area contributed by atoms with E-state index in [0.717, 1.165) is 4.68 Å². The number of nitrogens with zero attached hydrogens (tertiary/aromatic N) is 2. The van der Waals surface area contributed by atoms with Gasteiger partial charge in [0.1, 0.15) is 5.82 Å². The highest BCUT2D eigenvalue weighted by molar-refractivity contribution is 14.1. The van der Waals surface area contributed by atoms with Gasteiger partial charge in [-0.2, -0.15) is 13.5 Å². The predicted molar refractivity (Wildman–Crippen MR) is 78.1 cm³/mol. The second-order valence-corrected chi connectivity index (χ2v) is 6.82. The van der Waals surface area contributed by atoms with Crippen molar-refractivity contribution in [2.45, 2.75) is 5.03 Å². The summed E-state index contributed by atoms with van der Waals surface area (Å²) in [6.07, 6.45) is 1.24. The molecule has 1 aromatic carbocycles. The molecule has 0 bridgehead atoms. The SMILES string of the molecule is Cn1ncc(Cl)c1S(=O)(=O)Nc1ccc(F)cc1I. The quantitative estimate of drug-likeness (QED) is 0.784. The van der Waals surface area contributed by atoms with E-state index in [-0.39, 0.29) is 15.7 Å². The maximum Gasteiger partial charge on any atom is 0.280 e. The van der Waals surface area contributed by atoms with Crippen LogP contribution in [0.1, 0.15) is 0 Å². The van der Waals surface area contributed by atoms with Crippen LogP contribution in [-0.4, -0.2) is 18.2 Å². The summed E-state index contributed by atoms with van der Waals surface area (Å²) in [6, 6.07) is 3.74. The molecule has 102 valence electrons. The first kappa shape index (κ1) is 14.5. The van der Waals surface area contributed by atoms with Gasteiger partial charge >= 0.3 is 0 Å². The summed E-state index contributed by atoms with van der Waals surface area (Å²) in [6.45, 7) is 0. The van der Waals surface area contributed by atoms with E-state index in [1.807, 2.05) is 22.6 Å². The summed E-state index contributed by atoms with van der Waals surface area (Å²) in [4.78, 5) is 0. The van der Waals surface area contributed by atoms with Crippen molar-refractivity contribution in [3.63, 3.8) is 0 Å². The number of hydrogen-bond acceptors (Lipinski definition) is 3. The fourth-order valence-electron chi connectivity index (χ4n) is 1.47. The third kappa shape index (κ3) is 3.00. The summed E-state index contributed by atoms with van der Waals surface area (Å²) in [7, 11) is -2.41. The van der Waals surface area contributed by atoms with Crippen LogP contribution in [-0.2, 0) is 17.1 Å². The molecule has 0 spiro atoms. The Labute approximate surface area is 128 Å². The van der Waals surface area contributed by atoms with Crippen molar-refractivity contribution >= 4 is 49.9 Å². The van der Waals surface area contributed by atoms with E-state index in [2.05, 4.69) is 9.82 Å². The van der Waals surface area contributed by atoms with Gasteiger partial charge in [-0.15, -0.1) is 0 Å². The van der Waals surface area contributed by atoms with Gasteiger partial charge in [0.25, 0.3) is 10.0 Å². The standard InChI is InChI=1S/C10H8ClFIN3O2S/c1-16-10(7(11)5-14-16)19(17,18)15-9-3-2-6(12)4-8(9)13/h2-5,15H,1H3. The van der Waals surface area contributed by atoms with Gasteiger partial charge in [0.2, 0.25) is 0 Å². The zero-order chi connectivity index (χ0) is 14.2. The molecule has 0 amide bonds. The second kappa shape index (κ2) is 5.25. The fraction of sp³-hybridized carbons (Fsp3) is 0.100. The van der Waals surface area contributed by atoms with E-state index in [1.165, 1.54) is 31.4 Å². The van der Waals surface area contributed by atoms with Gasteiger partial charge in [-0.1, -0.05) is 11.6 Å². The number of nitrogens with one attached hydrogen (secondary N) is 1. The van der Waals surface area contributed by atoms with Gasteiger partial charge < -0.3 is 0 Å². The van der Waals surface area contributed by atoms with Crippen LogP contribution in [0.25, 0.3) is 0 Å². The average molecular weight is 416 g/mol. The second-order valence-electron chi connectivity index (χ2n) is 3.65. The maximum absolute atomic E-state index is 13.0. The number of sulfonamides is 1. The van der Waals surface area contributed by atoms with Gasteiger partial charge in [-0.05, 0) is 40.8 Å². The molecule has 0 unspecified atom stereocenters.